The summed E-state index contributed by atoms with van der Waals surface area (Å²) in [6, 6.07) is 6.91. The maximum absolute atomic E-state index is 13.9. The van der Waals surface area contributed by atoms with Crippen molar-refractivity contribution in [1.29, 1.82) is 0 Å². The van der Waals surface area contributed by atoms with Crippen LogP contribution in [0, 0.1) is 6.92 Å². The van der Waals surface area contributed by atoms with E-state index in [1.54, 1.807) is 19.1 Å². The van der Waals surface area contributed by atoms with Gasteiger partial charge in [-0.2, -0.15) is 0 Å². The third kappa shape index (κ3) is 4.22. The second kappa shape index (κ2) is 9.30. The molecule has 3 aromatic rings. The number of fused-ring (bicyclic) bond motifs is 3. The van der Waals surface area contributed by atoms with Crippen LogP contribution < -0.4 is 14.2 Å². The molecule has 0 fully saturated rings. The van der Waals surface area contributed by atoms with Gasteiger partial charge in [0, 0.05) is 37.1 Å². The predicted octanol–water partition coefficient (Wildman–Crippen LogP) is 3.49. The summed E-state index contributed by atoms with van der Waals surface area (Å²) < 4.78 is 20.7. The molecule has 37 heavy (non-hydrogen) atoms. The third-order valence-electron chi connectivity index (χ3n) is 5.68. The second-order valence-electron chi connectivity index (χ2n) is 8.22. The first-order valence-electron chi connectivity index (χ1n) is 11.0. The number of benzene rings is 3. The van der Waals surface area contributed by atoms with Crippen LogP contribution in [0.5, 0.6) is 17.2 Å². The van der Waals surface area contributed by atoms with Crippen LogP contribution in [0.4, 0.5) is 0 Å². The van der Waals surface area contributed by atoms with E-state index in [1.807, 2.05) is 0 Å². The maximum Gasteiger partial charge on any atom is 0.338 e. The molecule has 4 rings (SSSR count). The molecular weight excluding hydrogens is 484 g/mol. The Bertz CT molecular complexity index is 1580. The summed E-state index contributed by atoms with van der Waals surface area (Å²) in [6.45, 7) is 5.01. The average molecular weight is 504 g/mol. The Labute approximate surface area is 210 Å². The fourth-order valence-corrected chi connectivity index (χ4v) is 4.33. The lowest BCUT2D eigenvalue weighted by atomic mass is 9.80. The van der Waals surface area contributed by atoms with E-state index >= 15 is 0 Å². The number of rotatable bonds is 4. The normalized spacial score (nSPS) is 11.9. The molecule has 0 N–H and O–H groups in total. The molecule has 0 spiro atoms. The Morgan fingerprint density at radius 1 is 0.676 bits per heavy atom. The molecule has 0 aliphatic heterocycles. The SMILES string of the molecule is COC(=O)c1c(C)ccc2c(OC(C)=O)c3c(cc12)C(=O)c1c(OC(C)=O)ccc(OC(C)=O)c1C3=O. The largest absolute Gasteiger partial charge is 0.465 e. The molecule has 10 nitrogen and oxygen atoms in total. The van der Waals surface area contributed by atoms with Gasteiger partial charge in [0.2, 0.25) is 5.78 Å². The summed E-state index contributed by atoms with van der Waals surface area (Å²) in [5.74, 6) is -5.30. The van der Waals surface area contributed by atoms with Crippen LogP contribution in [0.1, 0.15) is 68.5 Å². The summed E-state index contributed by atoms with van der Waals surface area (Å²) in [5, 5.41) is 0.409. The lowest BCUT2D eigenvalue weighted by Crippen LogP contribution is -2.25. The van der Waals surface area contributed by atoms with E-state index < -0.39 is 35.4 Å². The molecule has 3 aromatic carbocycles. The van der Waals surface area contributed by atoms with Crippen molar-refractivity contribution in [2.45, 2.75) is 27.7 Å². The minimum Gasteiger partial charge on any atom is -0.465 e. The van der Waals surface area contributed by atoms with Crippen LogP contribution in [-0.2, 0) is 19.1 Å². The number of ether oxygens (including phenoxy) is 4. The molecule has 0 atom stereocenters. The second-order valence-corrected chi connectivity index (χ2v) is 8.22. The van der Waals surface area contributed by atoms with Gasteiger partial charge in [0.25, 0.3) is 0 Å². The van der Waals surface area contributed by atoms with Crippen LogP contribution in [0.2, 0.25) is 0 Å². The maximum atomic E-state index is 13.9. The van der Waals surface area contributed by atoms with Gasteiger partial charge in [-0.25, -0.2) is 4.79 Å². The van der Waals surface area contributed by atoms with E-state index in [2.05, 4.69) is 0 Å². The molecule has 0 saturated carbocycles. The number of hydrogen-bond acceptors (Lipinski definition) is 10. The number of carbonyl (C=O) groups excluding carboxylic acids is 6. The van der Waals surface area contributed by atoms with Crippen molar-refractivity contribution < 1.29 is 47.7 Å². The number of esters is 4. The number of ketones is 2. The molecule has 0 saturated heterocycles. The molecule has 1 aliphatic rings. The predicted molar refractivity (Wildman–Crippen MR) is 127 cm³/mol. The fraction of sp³-hybridized carbons (Fsp3) is 0.185. The zero-order chi connectivity index (χ0) is 27.2. The highest BCUT2D eigenvalue weighted by Crippen LogP contribution is 2.45. The van der Waals surface area contributed by atoms with Crippen molar-refractivity contribution in [2.24, 2.45) is 0 Å². The minimum absolute atomic E-state index is 0.108. The molecule has 0 bridgehead atoms. The highest BCUT2D eigenvalue weighted by molar-refractivity contribution is 6.33. The fourth-order valence-electron chi connectivity index (χ4n) is 4.33. The van der Waals surface area contributed by atoms with E-state index in [0.717, 1.165) is 20.8 Å². The van der Waals surface area contributed by atoms with Crippen LogP contribution in [0.25, 0.3) is 10.8 Å². The highest BCUT2D eigenvalue weighted by atomic mass is 16.5. The molecule has 0 amide bonds. The third-order valence-corrected chi connectivity index (χ3v) is 5.68. The van der Waals surface area contributed by atoms with E-state index in [1.165, 1.54) is 25.3 Å². The quantitative estimate of drug-likeness (QED) is 0.300. The molecule has 188 valence electrons. The Morgan fingerprint density at radius 3 is 1.73 bits per heavy atom. The Hall–Kier alpha value is -4.86. The topological polar surface area (TPSA) is 139 Å². The van der Waals surface area contributed by atoms with Crippen LogP contribution >= 0.6 is 0 Å². The Morgan fingerprint density at radius 2 is 1.22 bits per heavy atom. The number of hydrogen-bond donors (Lipinski definition) is 0. The van der Waals surface area contributed by atoms with E-state index in [9.17, 15) is 28.8 Å². The van der Waals surface area contributed by atoms with Gasteiger partial charge in [-0.15, -0.1) is 0 Å². The van der Waals surface area contributed by atoms with Crippen LogP contribution in [0.15, 0.2) is 30.3 Å². The van der Waals surface area contributed by atoms with Gasteiger partial charge in [-0.05, 0) is 30.7 Å². The molecule has 0 unspecified atom stereocenters. The zero-order valence-corrected chi connectivity index (χ0v) is 20.5. The van der Waals surface area contributed by atoms with Crippen LogP contribution in [-0.4, -0.2) is 42.6 Å². The smallest absolute Gasteiger partial charge is 0.338 e. The Balaban J connectivity index is 2.16. The lowest BCUT2D eigenvalue weighted by molar-refractivity contribution is -0.133. The molecule has 0 radical (unpaired) electrons. The molecule has 0 heterocycles. The van der Waals surface area contributed by atoms with Gasteiger partial charge in [-0.3, -0.25) is 24.0 Å². The summed E-state index contributed by atoms with van der Waals surface area (Å²) in [4.78, 5) is 75.9. The van der Waals surface area contributed by atoms with Crippen molar-refractivity contribution in [3.63, 3.8) is 0 Å². The summed E-state index contributed by atoms with van der Waals surface area (Å²) in [7, 11) is 1.19. The van der Waals surface area contributed by atoms with Gasteiger partial charge < -0.3 is 18.9 Å². The highest BCUT2D eigenvalue weighted by Gasteiger charge is 2.40. The van der Waals surface area contributed by atoms with Crippen molar-refractivity contribution in [2.75, 3.05) is 7.11 Å². The Kier molecular flexibility index (Phi) is 6.35. The first kappa shape index (κ1) is 25.2. The van der Waals surface area contributed by atoms with Gasteiger partial charge >= 0.3 is 23.9 Å². The van der Waals surface area contributed by atoms with Crippen molar-refractivity contribution in [3.8, 4) is 17.2 Å². The van der Waals surface area contributed by atoms with E-state index in [-0.39, 0.29) is 55.8 Å². The summed E-state index contributed by atoms with van der Waals surface area (Å²) >= 11 is 0. The van der Waals surface area contributed by atoms with Crippen molar-refractivity contribution >= 4 is 46.2 Å². The minimum atomic E-state index is -0.812. The average Bonchev–Trinajstić information content (AvgIpc) is 2.81. The monoisotopic (exact) mass is 504 g/mol. The van der Waals surface area contributed by atoms with Gasteiger partial charge in [0.1, 0.15) is 11.5 Å². The first-order valence-corrected chi connectivity index (χ1v) is 11.0. The zero-order valence-electron chi connectivity index (χ0n) is 20.5. The summed E-state index contributed by atoms with van der Waals surface area (Å²) in [6.07, 6.45) is 0. The van der Waals surface area contributed by atoms with Gasteiger partial charge in [-0.1, -0.05) is 12.1 Å². The molecule has 10 heteroatoms. The summed E-state index contributed by atoms with van der Waals surface area (Å²) in [5.41, 5.74) is -0.498. The lowest BCUT2D eigenvalue weighted by Gasteiger charge is -2.24. The number of aryl methyl sites for hydroxylation is 1. The first-order chi connectivity index (χ1) is 17.5. The number of methoxy groups -OCH3 is 1. The van der Waals surface area contributed by atoms with Gasteiger partial charge in [0.05, 0.1) is 29.4 Å². The molecule has 0 aromatic heterocycles. The van der Waals surface area contributed by atoms with Crippen molar-refractivity contribution in [1.82, 2.24) is 0 Å². The standard InChI is InChI=1S/C27H20O10/c1-11-6-7-15-16(20(11)27(33)34-5)10-17-21(26(15)37-14(4)30)25(32)23-19(36-13(3)29)9-8-18(35-12(2)28)22(23)24(17)31/h6-10H,1-5H3. The number of carbonyl (C=O) groups is 6. The van der Waals surface area contributed by atoms with Crippen molar-refractivity contribution in [3.05, 3.63) is 63.7 Å². The van der Waals surface area contributed by atoms with E-state index in [0.29, 0.717) is 5.56 Å². The van der Waals surface area contributed by atoms with Crippen LogP contribution in [0.3, 0.4) is 0 Å². The van der Waals surface area contributed by atoms with E-state index in [4.69, 9.17) is 18.9 Å². The molecule has 1 aliphatic carbocycles. The van der Waals surface area contributed by atoms with Gasteiger partial charge in [0.15, 0.2) is 11.5 Å². The molecular formula is C27H20O10.